The Morgan fingerprint density at radius 1 is 0.912 bits per heavy atom. The lowest BCUT2D eigenvalue weighted by molar-refractivity contribution is -0.139. The molecule has 0 N–H and O–H groups in total. The fourth-order valence-corrected chi connectivity index (χ4v) is 5.36. The van der Waals surface area contributed by atoms with E-state index in [-0.39, 0.29) is 11.9 Å². The highest BCUT2D eigenvalue weighted by Crippen LogP contribution is 2.34. The molecule has 0 saturated heterocycles. The van der Waals surface area contributed by atoms with Gasteiger partial charge in [-0.25, -0.2) is 0 Å². The first-order chi connectivity index (χ1) is 16.6. The van der Waals surface area contributed by atoms with Crippen LogP contribution in [0.25, 0.3) is 0 Å². The Balaban J connectivity index is 1.43. The van der Waals surface area contributed by atoms with E-state index in [2.05, 4.69) is 60.4 Å². The van der Waals surface area contributed by atoms with Crippen LogP contribution in [-0.4, -0.2) is 42.5 Å². The van der Waals surface area contributed by atoms with Crippen molar-refractivity contribution in [2.45, 2.75) is 45.4 Å². The Morgan fingerprint density at radius 2 is 1.65 bits per heavy atom. The average Bonchev–Trinajstić information content (AvgIpc) is 2.87. The van der Waals surface area contributed by atoms with Gasteiger partial charge < -0.3 is 14.4 Å². The standard InChI is InChI=1S/C29H32N2O3/c1-20-8-7-11-23-18-31(17-21-9-5-4-6-10-21)26(16-25(20)23)29(32)30-13-12-22-14-27(33-2)28(34-3)15-24(22)19-30/h4-11,14-15,26H,12-13,16-19H2,1-3H3. The molecule has 1 unspecified atom stereocenters. The van der Waals surface area contributed by atoms with E-state index >= 15 is 0 Å². The molecule has 176 valence electrons. The number of rotatable bonds is 5. The summed E-state index contributed by atoms with van der Waals surface area (Å²) in [6.07, 6.45) is 1.57. The van der Waals surface area contributed by atoms with Crippen LogP contribution in [0, 0.1) is 6.92 Å². The highest BCUT2D eigenvalue weighted by molar-refractivity contribution is 5.83. The van der Waals surface area contributed by atoms with Crippen LogP contribution in [0.15, 0.2) is 60.7 Å². The van der Waals surface area contributed by atoms with Gasteiger partial charge in [-0.15, -0.1) is 0 Å². The van der Waals surface area contributed by atoms with Crippen molar-refractivity contribution in [1.29, 1.82) is 0 Å². The van der Waals surface area contributed by atoms with Crippen LogP contribution in [0.3, 0.4) is 0 Å². The largest absolute Gasteiger partial charge is 0.493 e. The maximum Gasteiger partial charge on any atom is 0.240 e. The molecule has 1 atom stereocenters. The molecule has 3 aromatic carbocycles. The summed E-state index contributed by atoms with van der Waals surface area (Å²) in [5.41, 5.74) is 7.54. The Bertz CT molecular complexity index is 1190. The molecule has 2 heterocycles. The van der Waals surface area contributed by atoms with Crippen molar-refractivity contribution in [3.63, 3.8) is 0 Å². The van der Waals surface area contributed by atoms with E-state index in [9.17, 15) is 4.79 Å². The number of hydrogen-bond acceptors (Lipinski definition) is 4. The van der Waals surface area contributed by atoms with Crippen molar-refractivity contribution in [2.75, 3.05) is 20.8 Å². The predicted molar refractivity (Wildman–Crippen MR) is 133 cm³/mol. The first kappa shape index (κ1) is 22.5. The van der Waals surface area contributed by atoms with Crippen LogP contribution in [0.2, 0.25) is 0 Å². The number of nitrogens with zero attached hydrogens (tertiary/aromatic N) is 2. The Hall–Kier alpha value is -3.31. The van der Waals surface area contributed by atoms with Gasteiger partial charge in [0.15, 0.2) is 11.5 Å². The second kappa shape index (κ2) is 9.51. The molecule has 0 bridgehead atoms. The van der Waals surface area contributed by atoms with Crippen LogP contribution in [0.1, 0.15) is 33.4 Å². The SMILES string of the molecule is COc1cc2c(cc1OC)CN(C(=O)C1Cc3c(C)cccc3CN1Cc1ccccc1)CC2. The average molecular weight is 457 g/mol. The fraction of sp³-hybridized carbons (Fsp3) is 0.345. The van der Waals surface area contributed by atoms with Crippen molar-refractivity contribution in [3.8, 4) is 11.5 Å². The molecule has 0 saturated carbocycles. The summed E-state index contributed by atoms with van der Waals surface area (Å²) < 4.78 is 11.0. The third-order valence-corrected chi connectivity index (χ3v) is 7.26. The van der Waals surface area contributed by atoms with E-state index in [0.29, 0.717) is 12.3 Å². The van der Waals surface area contributed by atoms with Crippen molar-refractivity contribution < 1.29 is 14.3 Å². The summed E-state index contributed by atoms with van der Waals surface area (Å²) >= 11 is 0. The molecule has 2 aliphatic heterocycles. The fourth-order valence-electron chi connectivity index (χ4n) is 5.36. The minimum absolute atomic E-state index is 0.171. The molecule has 3 aromatic rings. The number of carbonyl (C=O) groups is 1. The number of amides is 1. The molecule has 0 aromatic heterocycles. The lowest BCUT2D eigenvalue weighted by Gasteiger charge is -2.40. The Labute approximate surface area is 201 Å². The van der Waals surface area contributed by atoms with Gasteiger partial charge in [0.1, 0.15) is 0 Å². The predicted octanol–water partition coefficient (Wildman–Crippen LogP) is 4.52. The van der Waals surface area contributed by atoms with Crippen molar-refractivity contribution >= 4 is 5.91 Å². The summed E-state index contributed by atoms with van der Waals surface area (Å²) in [6, 6.07) is 20.9. The number of carbonyl (C=O) groups excluding carboxylic acids is 1. The second-order valence-electron chi connectivity index (χ2n) is 9.31. The molecule has 0 aliphatic carbocycles. The molecule has 0 radical (unpaired) electrons. The molecule has 0 fully saturated rings. The number of benzene rings is 3. The summed E-state index contributed by atoms with van der Waals surface area (Å²) in [5.74, 6) is 1.67. The van der Waals surface area contributed by atoms with Gasteiger partial charge in [0, 0.05) is 26.2 Å². The molecule has 5 heteroatoms. The third kappa shape index (κ3) is 4.28. The van der Waals surface area contributed by atoms with Gasteiger partial charge in [0.2, 0.25) is 5.91 Å². The van der Waals surface area contributed by atoms with Gasteiger partial charge in [0.05, 0.1) is 20.3 Å². The maximum atomic E-state index is 14.0. The monoisotopic (exact) mass is 456 g/mol. The summed E-state index contributed by atoms with van der Waals surface area (Å²) in [4.78, 5) is 18.4. The lowest BCUT2D eigenvalue weighted by Crippen LogP contribution is -2.52. The van der Waals surface area contributed by atoms with E-state index in [1.54, 1.807) is 14.2 Å². The zero-order valence-corrected chi connectivity index (χ0v) is 20.2. The zero-order chi connectivity index (χ0) is 23.7. The topological polar surface area (TPSA) is 42.0 Å². The molecular formula is C29H32N2O3. The Kier molecular flexibility index (Phi) is 6.29. The highest BCUT2D eigenvalue weighted by atomic mass is 16.5. The van der Waals surface area contributed by atoms with Crippen LogP contribution >= 0.6 is 0 Å². The third-order valence-electron chi connectivity index (χ3n) is 7.26. The van der Waals surface area contributed by atoms with E-state index in [1.165, 1.54) is 27.8 Å². The smallest absolute Gasteiger partial charge is 0.240 e. The maximum absolute atomic E-state index is 14.0. The minimum atomic E-state index is -0.171. The van der Waals surface area contributed by atoms with E-state index < -0.39 is 0 Å². The normalized spacial score (nSPS) is 17.6. The summed E-state index contributed by atoms with van der Waals surface area (Å²) in [5, 5.41) is 0. The highest BCUT2D eigenvalue weighted by Gasteiger charge is 2.36. The van der Waals surface area contributed by atoms with Crippen molar-refractivity contribution in [1.82, 2.24) is 9.80 Å². The number of hydrogen-bond donors (Lipinski definition) is 0. The molecular weight excluding hydrogens is 424 g/mol. The molecule has 1 amide bonds. The first-order valence-corrected chi connectivity index (χ1v) is 11.9. The van der Waals surface area contributed by atoms with Gasteiger partial charge >= 0.3 is 0 Å². The van der Waals surface area contributed by atoms with Crippen LogP contribution in [0.5, 0.6) is 11.5 Å². The summed E-state index contributed by atoms with van der Waals surface area (Å²) in [6.45, 7) is 5.03. The Morgan fingerprint density at radius 3 is 2.38 bits per heavy atom. The number of methoxy groups -OCH3 is 2. The number of ether oxygens (including phenoxy) is 2. The molecule has 5 rings (SSSR count). The van der Waals surface area contributed by atoms with Crippen LogP contribution in [-0.2, 0) is 37.3 Å². The summed E-state index contributed by atoms with van der Waals surface area (Å²) in [7, 11) is 3.31. The molecule has 2 aliphatic rings. The van der Waals surface area contributed by atoms with Gasteiger partial charge in [-0.05, 0) is 65.3 Å². The lowest BCUT2D eigenvalue weighted by atomic mass is 9.89. The zero-order valence-electron chi connectivity index (χ0n) is 20.2. The number of aryl methyl sites for hydroxylation is 1. The van der Waals surface area contributed by atoms with Gasteiger partial charge in [-0.3, -0.25) is 9.69 Å². The molecule has 34 heavy (non-hydrogen) atoms. The van der Waals surface area contributed by atoms with E-state index in [4.69, 9.17) is 9.47 Å². The van der Waals surface area contributed by atoms with Gasteiger partial charge in [-0.2, -0.15) is 0 Å². The quantitative estimate of drug-likeness (QED) is 0.566. The van der Waals surface area contributed by atoms with E-state index in [1.807, 2.05) is 17.0 Å². The van der Waals surface area contributed by atoms with Gasteiger partial charge in [0.25, 0.3) is 0 Å². The van der Waals surface area contributed by atoms with Gasteiger partial charge in [-0.1, -0.05) is 48.5 Å². The molecule has 5 nitrogen and oxygen atoms in total. The van der Waals surface area contributed by atoms with Crippen LogP contribution in [0.4, 0.5) is 0 Å². The molecule has 0 spiro atoms. The van der Waals surface area contributed by atoms with Crippen LogP contribution < -0.4 is 9.47 Å². The minimum Gasteiger partial charge on any atom is -0.493 e. The van der Waals surface area contributed by atoms with E-state index in [0.717, 1.165) is 43.8 Å². The van der Waals surface area contributed by atoms with Crippen molar-refractivity contribution in [2.24, 2.45) is 0 Å². The second-order valence-corrected chi connectivity index (χ2v) is 9.31. The number of fused-ring (bicyclic) bond motifs is 2. The first-order valence-electron chi connectivity index (χ1n) is 11.9. The van der Waals surface area contributed by atoms with Crippen molar-refractivity contribution in [3.05, 3.63) is 94.0 Å².